The fourth-order valence-corrected chi connectivity index (χ4v) is 3.26. The van der Waals surface area contributed by atoms with Gasteiger partial charge in [0, 0.05) is 29.2 Å². The first kappa shape index (κ1) is 17.7. The van der Waals surface area contributed by atoms with Crippen LogP contribution in [0.15, 0.2) is 79.1 Å². The second kappa shape index (κ2) is 7.53. The normalized spacial score (nSPS) is 10.6. The molecule has 0 radical (unpaired) electrons. The van der Waals surface area contributed by atoms with Gasteiger partial charge in [0.15, 0.2) is 0 Å². The van der Waals surface area contributed by atoms with Crippen LogP contribution in [0.2, 0.25) is 0 Å². The first-order chi connectivity index (χ1) is 13.6. The molecule has 0 spiro atoms. The fourth-order valence-electron chi connectivity index (χ4n) is 3.26. The van der Waals surface area contributed by atoms with Crippen LogP contribution in [0.3, 0.4) is 0 Å². The molecule has 0 unspecified atom stereocenters. The van der Waals surface area contributed by atoms with Gasteiger partial charge < -0.3 is 10.6 Å². The number of carbonyl (C=O) groups excluding carboxylic acids is 1. The molecule has 28 heavy (non-hydrogen) atoms. The standard InChI is InChI=1S/C24H21N3O/c1-16-7-10-21(26-24(28)27-23-6-4-3-5-17(23)2)14-22(16)19-9-8-18-11-12-25-15-20(18)13-19/h3-15H,1-2H3,(H2,26,27,28). The van der Waals surface area contributed by atoms with Crippen LogP contribution in [0.25, 0.3) is 21.9 Å². The molecule has 0 atom stereocenters. The van der Waals surface area contributed by atoms with Gasteiger partial charge in [0.25, 0.3) is 0 Å². The Balaban J connectivity index is 1.59. The number of para-hydroxylation sites is 1. The molecule has 0 bridgehead atoms. The molecule has 138 valence electrons. The molecular weight excluding hydrogens is 346 g/mol. The van der Waals surface area contributed by atoms with Gasteiger partial charge >= 0.3 is 6.03 Å². The van der Waals surface area contributed by atoms with Gasteiger partial charge in [-0.05, 0) is 71.8 Å². The van der Waals surface area contributed by atoms with E-state index in [1.165, 1.54) is 0 Å². The van der Waals surface area contributed by atoms with E-state index in [1.54, 1.807) is 6.20 Å². The number of fused-ring (bicyclic) bond motifs is 1. The average molecular weight is 367 g/mol. The number of benzene rings is 3. The second-order valence-electron chi connectivity index (χ2n) is 6.86. The van der Waals surface area contributed by atoms with Crippen molar-refractivity contribution in [3.63, 3.8) is 0 Å². The quantitative estimate of drug-likeness (QED) is 0.455. The zero-order valence-corrected chi connectivity index (χ0v) is 15.9. The number of rotatable bonds is 3. The first-order valence-electron chi connectivity index (χ1n) is 9.18. The van der Waals surface area contributed by atoms with Crippen LogP contribution in [0, 0.1) is 13.8 Å². The molecule has 0 fully saturated rings. The summed E-state index contributed by atoms with van der Waals surface area (Å²) in [5.74, 6) is 0. The van der Waals surface area contributed by atoms with Gasteiger partial charge in [-0.1, -0.05) is 36.4 Å². The maximum absolute atomic E-state index is 12.4. The van der Waals surface area contributed by atoms with Crippen molar-refractivity contribution in [3.8, 4) is 11.1 Å². The molecule has 0 saturated carbocycles. The fraction of sp³-hybridized carbons (Fsp3) is 0.0833. The summed E-state index contributed by atoms with van der Waals surface area (Å²) in [5.41, 5.74) is 5.90. The molecule has 4 heteroatoms. The Morgan fingerprint density at radius 3 is 2.54 bits per heavy atom. The van der Waals surface area contributed by atoms with Gasteiger partial charge in [-0.2, -0.15) is 0 Å². The van der Waals surface area contributed by atoms with Crippen molar-refractivity contribution in [3.05, 3.63) is 90.3 Å². The van der Waals surface area contributed by atoms with Crippen LogP contribution in [-0.2, 0) is 0 Å². The number of nitrogens with zero attached hydrogens (tertiary/aromatic N) is 1. The van der Waals surface area contributed by atoms with Gasteiger partial charge in [0.05, 0.1) is 0 Å². The summed E-state index contributed by atoms with van der Waals surface area (Å²) in [7, 11) is 0. The van der Waals surface area contributed by atoms with E-state index >= 15 is 0 Å². The third kappa shape index (κ3) is 3.71. The van der Waals surface area contributed by atoms with Gasteiger partial charge in [-0.3, -0.25) is 4.98 Å². The van der Waals surface area contributed by atoms with E-state index in [4.69, 9.17) is 0 Å². The highest BCUT2D eigenvalue weighted by Crippen LogP contribution is 2.29. The van der Waals surface area contributed by atoms with Crippen LogP contribution < -0.4 is 10.6 Å². The highest BCUT2D eigenvalue weighted by molar-refractivity contribution is 6.00. The van der Waals surface area contributed by atoms with Crippen LogP contribution in [-0.4, -0.2) is 11.0 Å². The average Bonchev–Trinajstić information content (AvgIpc) is 2.71. The molecule has 0 aliphatic rings. The minimum atomic E-state index is -0.258. The molecule has 1 aromatic heterocycles. The number of amides is 2. The third-order valence-electron chi connectivity index (χ3n) is 4.84. The van der Waals surface area contributed by atoms with E-state index in [1.807, 2.05) is 61.7 Å². The van der Waals surface area contributed by atoms with E-state index < -0.39 is 0 Å². The summed E-state index contributed by atoms with van der Waals surface area (Å²) in [6, 6.07) is 21.7. The SMILES string of the molecule is Cc1ccccc1NC(=O)Nc1ccc(C)c(-c2ccc3ccncc3c2)c1. The lowest BCUT2D eigenvalue weighted by Crippen LogP contribution is -2.20. The van der Waals surface area contributed by atoms with E-state index in [0.717, 1.165) is 44.4 Å². The largest absolute Gasteiger partial charge is 0.323 e. The van der Waals surface area contributed by atoms with Crippen LogP contribution in [0.4, 0.5) is 16.2 Å². The maximum atomic E-state index is 12.4. The smallest absolute Gasteiger partial charge is 0.308 e. The molecule has 4 aromatic rings. The van der Waals surface area contributed by atoms with E-state index in [-0.39, 0.29) is 6.03 Å². The number of carbonyl (C=O) groups is 1. The summed E-state index contributed by atoms with van der Waals surface area (Å²) in [6.45, 7) is 4.04. The number of pyridine rings is 1. The van der Waals surface area contributed by atoms with Gasteiger partial charge in [0.1, 0.15) is 0 Å². The minimum absolute atomic E-state index is 0.258. The Bertz CT molecular complexity index is 1170. The van der Waals surface area contributed by atoms with Crippen molar-refractivity contribution < 1.29 is 4.79 Å². The topological polar surface area (TPSA) is 54.0 Å². The summed E-state index contributed by atoms with van der Waals surface area (Å²) in [5, 5.41) is 8.08. The van der Waals surface area contributed by atoms with Crippen molar-refractivity contribution in [2.75, 3.05) is 10.6 Å². The highest BCUT2D eigenvalue weighted by Gasteiger charge is 2.08. The molecule has 4 rings (SSSR count). The molecule has 0 aliphatic carbocycles. The lowest BCUT2D eigenvalue weighted by Gasteiger charge is -2.13. The Morgan fingerprint density at radius 1 is 0.821 bits per heavy atom. The number of anilines is 2. The molecule has 2 amide bonds. The predicted molar refractivity (Wildman–Crippen MR) is 116 cm³/mol. The summed E-state index contributed by atoms with van der Waals surface area (Å²) in [6.07, 6.45) is 3.66. The first-order valence-corrected chi connectivity index (χ1v) is 9.18. The number of hydrogen-bond acceptors (Lipinski definition) is 2. The van der Waals surface area contributed by atoms with Gasteiger partial charge in [0.2, 0.25) is 0 Å². The van der Waals surface area contributed by atoms with Crippen molar-refractivity contribution in [2.24, 2.45) is 0 Å². The number of aromatic nitrogens is 1. The molecule has 0 aliphatic heterocycles. The number of urea groups is 1. The lowest BCUT2D eigenvalue weighted by molar-refractivity contribution is 0.262. The third-order valence-corrected chi connectivity index (χ3v) is 4.84. The Labute approximate surface area is 164 Å². The van der Waals surface area contributed by atoms with Crippen molar-refractivity contribution in [1.82, 2.24) is 4.98 Å². The maximum Gasteiger partial charge on any atom is 0.323 e. The number of aryl methyl sites for hydroxylation is 2. The van der Waals surface area contributed by atoms with E-state index in [0.29, 0.717) is 0 Å². The molecule has 0 saturated heterocycles. The predicted octanol–water partition coefficient (Wildman–Crippen LogP) is 6.16. The van der Waals surface area contributed by atoms with E-state index in [2.05, 4.69) is 40.7 Å². The molecule has 2 N–H and O–H groups in total. The number of nitrogens with one attached hydrogen (secondary N) is 2. The summed E-state index contributed by atoms with van der Waals surface area (Å²) in [4.78, 5) is 16.6. The molecular formula is C24H21N3O. The highest BCUT2D eigenvalue weighted by atomic mass is 16.2. The van der Waals surface area contributed by atoms with Crippen molar-refractivity contribution in [1.29, 1.82) is 0 Å². The van der Waals surface area contributed by atoms with Crippen molar-refractivity contribution in [2.45, 2.75) is 13.8 Å². The zero-order chi connectivity index (χ0) is 19.5. The Kier molecular flexibility index (Phi) is 4.77. The van der Waals surface area contributed by atoms with E-state index in [9.17, 15) is 4.79 Å². The zero-order valence-electron chi connectivity index (χ0n) is 15.9. The van der Waals surface area contributed by atoms with Gasteiger partial charge in [-0.15, -0.1) is 0 Å². The molecule has 4 nitrogen and oxygen atoms in total. The van der Waals surface area contributed by atoms with Crippen molar-refractivity contribution >= 4 is 28.2 Å². The van der Waals surface area contributed by atoms with Gasteiger partial charge in [-0.25, -0.2) is 4.79 Å². The second-order valence-corrected chi connectivity index (χ2v) is 6.86. The molecule has 1 heterocycles. The van der Waals surface area contributed by atoms with Crippen LogP contribution in [0.5, 0.6) is 0 Å². The lowest BCUT2D eigenvalue weighted by atomic mass is 9.98. The van der Waals surface area contributed by atoms with Crippen LogP contribution >= 0.6 is 0 Å². The minimum Gasteiger partial charge on any atom is -0.308 e. The monoisotopic (exact) mass is 367 g/mol. The summed E-state index contributed by atoms with van der Waals surface area (Å²) < 4.78 is 0. The Hall–Kier alpha value is -3.66. The van der Waals surface area contributed by atoms with Crippen LogP contribution in [0.1, 0.15) is 11.1 Å². The summed E-state index contributed by atoms with van der Waals surface area (Å²) >= 11 is 0. The Morgan fingerprint density at radius 2 is 1.68 bits per heavy atom. The molecule has 3 aromatic carbocycles. The number of hydrogen-bond donors (Lipinski definition) is 2.